The summed E-state index contributed by atoms with van der Waals surface area (Å²) < 4.78 is 12.2. The Morgan fingerprint density at radius 2 is 2.21 bits per heavy atom. The van der Waals surface area contributed by atoms with Gasteiger partial charge in [0.05, 0.1) is 32.1 Å². The number of nitrogens with zero attached hydrogens (tertiary/aromatic N) is 4. The molecular weight excluding hydrogens is 246 g/mol. The summed E-state index contributed by atoms with van der Waals surface area (Å²) in [6.45, 7) is 7.87. The van der Waals surface area contributed by atoms with Gasteiger partial charge in [-0.2, -0.15) is 0 Å². The first-order valence-electron chi connectivity index (χ1n) is 6.77. The van der Waals surface area contributed by atoms with Crippen LogP contribution in [0, 0.1) is 0 Å². The third kappa shape index (κ3) is 5.23. The summed E-state index contributed by atoms with van der Waals surface area (Å²) in [4.78, 5) is 2.39. The third-order valence-corrected chi connectivity index (χ3v) is 3.12. The van der Waals surface area contributed by atoms with Crippen LogP contribution in [-0.2, 0) is 22.6 Å². The van der Waals surface area contributed by atoms with Crippen LogP contribution in [0.25, 0.3) is 0 Å². The van der Waals surface area contributed by atoms with Crippen molar-refractivity contribution in [3.63, 3.8) is 0 Å². The second-order valence-corrected chi connectivity index (χ2v) is 4.60. The number of nitrogens with one attached hydrogen (secondary N) is 1. The van der Waals surface area contributed by atoms with Crippen LogP contribution in [0.5, 0.6) is 0 Å². The molecule has 0 saturated carbocycles. The van der Waals surface area contributed by atoms with Crippen molar-refractivity contribution in [2.75, 3.05) is 53.1 Å². The molecule has 1 aliphatic rings. The quantitative estimate of drug-likeness (QED) is 0.633. The fourth-order valence-corrected chi connectivity index (χ4v) is 1.99. The Hall–Kier alpha value is -1.02. The molecule has 0 unspecified atom stereocenters. The Labute approximate surface area is 113 Å². The lowest BCUT2D eigenvalue weighted by molar-refractivity contribution is 0.0359. The molecule has 0 amide bonds. The van der Waals surface area contributed by atoms with E-state index in [1.54, 1.807) is 7.11 Å². The predicted octanol–water partition coefficient (Wildman–Crippen LogP) is -0.654. The van der Waals surface area contributed by atoms with Gasteiger partial charge in [0.15, 0.2) is 0 Å². The molecule has 0 aromatic carbocycles. The zero-order chi connectivity index (χ0) is 13.3. The van der Waals surface area contributed by atoms with E-state index in [1.807, 2.05) is 10.9 Å². The molecule has 7 heteroatoms. The van der Waals surface area contributed by atoms with Crippen molar-refractivity contribution in [3.05, 3.63) is 11.9 Å². The smallest absolute Gasteiger partial charge is 0.0964 e. The SMILES string of the molecule is COCCNCc1cn(CCN2CCOCC2)nn1. The van der Waals surface area contributed by atoms with Crippen molar-refractivity contribution in [2.24, 2.45) is 0 Å². The van der Waals surface area contributed by atoms with Gasteiger partial charge in [0.2, 0.25) is 0 Å². The minimum atomic E-state index is 0.713. The summed E-state index contributed by atoms with van der Waals surface area (Å²) in [5.74, 6) is 0. The van der Waals surface area contributed by atoms with Gasteiger partial charge in [-0.1, -0.05) is 5.21 Å². The van der Waals surface area contributed by atoms with Crippen molar-refractivity contribution in [2.45, 2.75) is 13.1 Å². The Morgan fingerprint density at radius 1 is 1.37 bits per heavy atom. The first kappa shape index (κ1) is 14.4. The molecule has 0 aliphatic carbocycles. The minimum Gasteiger partial charge on any atom is -0.383 e. The minimum absolute atomic E-state index is 0.713. The topological polar surface area (TPSA) is 64.4 Å². The standard InChI is InChI=1S/C12H23N5O2/c1-18-7-2-13-10-12-11-17(15-14-12)4-3-16-5-8-19-9-6-16/h11,13H,2-10H2,1H3. The molecule has 2 rings (SSSR count). The molecule has 108 valence electrons. The zero-order valence-electron chi connectivity index (χ0n) is 11.5. The third-order valence-electron chi connectivity index (χ3n) is 3.12. The molecule has 0 radical (unpaired) electrons. The Balaban J connectivity index is 1.65. The van der Waals surface area contributed by atoms with Crippen LogP contribution < -0.4 is 5.32 Å². The highest BCUT2D eigenvalue weighted by Gasteiger charge is 2.10. The van der Waals surface area contributed by atoms with Gasteiger partial charge in [-0.05, 0) is 0 Å². The van der Waals surface area contributed by atoms with Gasteiger partial charge in [0.25, 0.3) is 0 Å². The number of hydrogen-bond donors (Lipinski definition) is 1. The van der Waals surface area contributed by atoms with E-state index in [4.69, 9.17) is 9.47 Å². The van der Waals surface area contributed by atoms with Gasteiger partial charge in [-0.25, -0.2) is 0 Å². The molecule has 1 aromatic heterocycles. The van der Waals surface area contributed by atoms with Gasteiger partial charge in [-0.15, -0.1) is 5.10 Å². The molecule has 2 heterocycles. The van der Waals surface area contributed by atoms with Crippen LogP contribution in [0.2, 0.25) is 0 Å². The zero-order valence-corrected chi connectivity index (χ0v) is 11.5. The van der Waals surface area contributed by atoms with Crippen LogP contribution in [0.1, 0.15) is 5.69 Å². The fraction of sp³-hybridized carbons (Fsp3) is 0.833. The van der Waals surface area contributed by atoms with Gasteiger partial charge < -0.3 is 14.8 Å². The second kappa shape index (κ2) is 8.21. The lowest BCUT2D eigenvalue weighted by Crippen LogP contribution is -2.38. The summed E-state index contributed by atoms with van der Waals surface area (Å²) in [7, 11) is 1.70. The summed E-state index contributed by atoms with van der Waals surface area (Å²) in [6.07, 6.45) is 2.00. The Bertz CT molecular complexity index is 352. The first-order valence-corrected chi connectivity index (χ1v) is 6.77. The summed E-state index contributed by atoms with van der Waals surface area (Å²) in [5.41, 5.74) is 0.970. The van der Waals surface area contributed by atoms with Crippen LogP contribution in [-0.4, -0.2) is 73.0 Å². The molecule has 1 fully saturated rings. The second-order valence-electron chi connectivity index (χ2n) is 4.60. The molecule has 0 bridgehead atoms. The number of aromatic nitrogens is 3. The number of rotatable bonds is 8. The largest absolute Gasteiger partial charge is 0.383 e. The van der Waals surface area contributed by atoms with Crippen molar-refractivity contribution < 1.29 is 9.47 Å². The number of methoxy groups -OCH3 is 1. The van der Waals surface area contributed by atoms with E-state index in [2.05, 4.69) is 20.5 Å². The summed E-state index contributed by atoms with van der Waals surface area (Å²) >= 11 is 0. The Morgan fingerprint density at radius 3 is 3.00 bits per heavy atom. The van der Waals surface area contributed by atoms with Crippen molar-refractivity contribution in [1.82, 2.24) is 25.2 Å². The molecule has 1 saturated heterocycles. The van der Waals surface area contributed by atoms with Crippen molar-refractivity contribution in [3.8, 4) is 0 Å². The molecule has 7 nitrogen and oxygen atoms in total. The Kier molecular flexibility index (Phi) is 6.22. The van der Waals surface area contributed by atoms with E-state index in [-0.39, 0.29) is 0 Å². The summed E-state index contributed by atoms with van der Waals surface area (Å²) in [5, 5.41) is 11.5. The van der Waals surface area contributed by atoms with Gasteiger partial charge in [0, 0.05) is 46.0 Å². The van der Waals surface area contributed by atoms with Crippen LogP contribution >= 0.6 is 0 Å². The van der Waals surface area contributed by atoms with Crippen LogP contribution in [0.15, 0.2) is 6.20 Å². The molecule has 19 heavy (non-hydrogen) atoms. The molecule has 1 aliphatic heterocycles. The van der Waals surface area contributed by atoms with Crippen molar-refractivity contribution >= 4 is 0 Å². The normalized spacial score (nSPS) is 16.9. The maximum atomic E-state index is 5.33. The monoisotopic (exact) mass is 269 g/mol. The van der Waals surface area contributed by atoms with E-state index >= 15 is 0 Å². The predicted molar refractivity (Wildman–Crippen MR) is 70.9 cm³/mol. The first-order chi connectivity index (χ1) is 9.38. The molecule has 1 aromatic rings. The average molecular weight is 269 g/mol. The van der Waals surface area contributed by atoms with E-state index in [0.29, 0.717) is 6.61 Å². The maximum Gasteiger partial charge on any atom is 0.0964 e. The van der Waals surface area contributed by atoms with Crippen molar-refractivity contribution in [1.29, 1.82) is 0 Å². The molecular formula is C12H23N5O2. The van der Waals surface area contributed by atoms with Gasteiger partial charge >= 0.3 is 0 Å². The maximum absolute atomic E-state index is 5.33. The fourth-order valence-electron chi connectivity index (χ4n) is 1.99. The number of morpholine rings is 1. The van der Waals surface area contributed by atoms with Gasteiger partial charge in [-0.3, -0.25) is 9.58 Å². The highest BCUT2D eigenvalue weighted by molar-refractivity contribution is 4.91. The lowest BCUT2D eigenvalue weighted by Gasteiger charge is -2.26. The van der Waals surface area contributed by atoms with E-state index in [1.165, 1.54) is 0 Å². The summed E-state index contributed by atoms with van der Waals surface area (Å²) in [6, 6.07) is 0. The van der Waals surface area contributed by atoms with E-state index in [9.17, 15) is 0 Å². The van der Waals surface area contributed by atoms with E-state index < -0.39 is 0 Å². The van der Waals surface area contributed by atoms with Crippen LogP contribution in [0.3, 0.4) is 0 Å². The van der Waals surface area contributed by atoms with Gasteiger partial charge in [0.1, 0.15) is 0 Å². The highest BCUT2D eigenvalue weighted by atomic mass is 16.5. The number of hydrogen-bond acceptors (Lipinski definition) is 6. The lowest BCUT2D eigenvalue weighted by atomic mass is 10.4. The molecule has 0 spiro atoms. The molecule has 0 atom stereocenters. The van der Waals surface area contributed by atoms with E-state index in [0.717, 1.165) is 58.2 Å². The van der Waals surface area contributed by atoms with Crippen LogP contribution in [0.4, 0.5) is 0 Å². The molecule has 1 N–H and O–H groups in total. The highest BCUT2D eigenvalue weighted by Crippen LogP contribution is 1.98. The number of ether oxygens (including phenoxy) is 2. The average Bonchev–Trinajstić information content (AvgIpc) is 2.91.